The van der Waals surface area contributed by atoms with E-state index in [1.807, 2.05) is 6.07 Å². The lowest BCUT2D eigenvalue weighted by Gasteiger charge is -2.08. The first kappa shape index (κ1) is 14.2. The minimum atomic E-state index is 0.885. The Balaban J connectivity index is 2.17. The number of nitrogens with one attached hydrogen (secondary N) is 1. The summed E-state index contributed by atoms with van der Waals surface area (Å²) in [6.07, 6.45) is 3.01. The third-order valence-corrected chi connectivity index (χ3v) is 4.01. The van der Waals surface area contributed by atoms with Gasteiger partial charge < -0.3 is 5.32 Å². The summed E-state index contributed by atoms with van der Waals surface area (Å²) in [7, 11) is 0. The lowest BCUT2D eigenvalue weighted by molar-refractivity contribution is 0.807. The van der Waals surface area contributed by atoms with E-state index in [-0.39, 0.29) is 0 Å². The second-order valence-corrected chi connectivity index (χ2v) is 6.09. The smallest absolute Gasteiger partial charge is 0.180 e. The van der Waals surface area contributed by atoms with Crippen LogP contribution in [0.15, 0.2) is 20.9 Å². The number of hydrogen-bond donors (Lipinski definition) is 1. The SMILES string of the molecule is CCCNc1cc(Sc2nncs2)nc(CCC)n1. The summed E-state index contributed by atoms with van der Waals surface area (Å²) < 4.78 is 0.905. The molecule has 0 aliphatic heterocycles. The van der Waals surface area contributed by atoms with Gasteiger partial charge in [0.25, 0.3) is 0 Å². The maximum Gasteiger partial charge on any atom is 0.180 e. The highest BCUT2D eigenvalue weighted by molar-refractivity contribution is 8.00. The quantitative estimate of drug-likeness (QED) is 0.791. The Kier molecular flexibility index (Phi) is 5.53. The standard InChI is InChI=1S/C12H17N5S2/c1-3-5-9-15-10(13-6-4-2)7-11(16-9)19-12-17-14-8-18-12/h7-8H,3-6H2,1-2H3,(H,13,15,16). The Morgan fingerprint density at radius 3 is 2.84 bits per heavy atom. The molecular weight excluding hydrogens is 278 g/mol. The van der Waals surface area contributed by atoms with Crippen LogP contribution in [-0.4, -0.2) is 26.7 Å². The predicted molar refractivity (Wildman–Crippen MR) is 78.8 cm³/mol. The summed E-state index contributed by atoms with van der Waals surface area (Å²) in [4.78, 5) is 9.08. The maximum absolute atomic E-state index is 4.56. The number of rotatable bonds is 7. The van der Waals surface area contributed by atoms with Crippen molar-refractivity contribution < 1.29 is 0 Å². The van der Waals surface area contributed by atoms with Crippen LogP contribution in [0, 0.1) is 0 Å². The van der Waals surface area contributed by atoms with Crippen LogP contribution in [0.4, 0.5) is 5.82 Å². The molecule has 7 heteroatoms. The van der Waals surface area contributed by atoms with E-state index in [0.29, 0.717) is 0 Å². The lowest BCUT2D eigenvalue weighted by Crippen LogP contribution is -2.05. The molecule has 0 amide bonds. The molecule has 0 saturated heterocycles. The molecule has 2 aromatic rings. The molecule has 2 rings (SSSR count). The zero-order valence-electron chi connectivity index (χ0n) is 11.1. The van der Waals surface area contributed by atoms with Crippen LogP contribution in [0.2, 0.25) is 0 Å². The fourth-order valence-corrected chi connectivity index (χ4v) is 2.95. The lowest BCUT2D eigenvalue weighted by atomic mass is 10.3. The normalized spacial score (nSPS) is 10.6. The number of hydrogen-bond acceptors (Lipinski definition) is 7. The fraction of sp³-hybridized carbons (Fsp3) is 0.500. The van der Waals surface area contributed by atoms with Gasteiger partial charge in [-0.1, -0.05) is 25.2 Å². The maximum atomic E-state index is 4.56. The van der Waals surface area contributed by atoms with Gasteiger partial charge in [-0.25, -0.2) is 9.97 Å². The third kappa shape index (κ3) is 4.43. The molecule has 0 aromatic carbocycles. The van der Waals surface area contributed by atoms with Crippen molar-refractivity contribution in [1.82, 2.24) is 20.2 Å². The average molecular weight is 295 g/mol. The Bertz CT molecular complexity index is 501. The van der Waals surface area contributed by atoms with Gasteiger partial charge in [0.05, 0.1) is 0 Å². The van der Waals surface area contributed by atoms with Gasteiger partial charge in [-0.15, -0.1) is 10.2 Å². The van der Waals surface area contributed by atoms with Crippen molar-refractivity contribution in [3.05, 3.63) is 17.4 Å². The van der Waals surface area contributed by atoms with Gasteiger partial charge in [-0.2, -0.15) is 0 Å². The van der Waals surface area contributed by atoms with E-state index < -0.39 is 0 Å². The molecule has 5 nitrogen and oxygen atoms in total. The average Bonchev–Trinajstić information content (AvgIpc) is 2.89. The van der Waals surface area contributed by atoms with Crippen LogP contribution < -0.4 is 5.32 Å². The number of anilines is 1. The predicted octanol–water partition coefficient (Wildman–Crippen LogP) is 3.25. The molecular formula is C12H17N5S2. The van der Waals surface area contributed by atoms with E-state index in [1.165, 1.54) is 23.1 Å². The van der Waals surface area contributed by atoms with Gasteiger partial charge in [-0.05, 0) is 24.6 Å². The topological polar surface area (TPSA) is 63.6 Å². The highest BCUT2D eigenvalue weighted by atomic mass is 32.2. The zero-order chi connectivity index (χ0) is 13.5. The Morgan fingerprint density at radius 2 is 2.16 bits per heavy atom. The van der Waals surface area contributed by atoms with E-state index in [4.69, 9.17) is 0 Å². The van der Waals surface area contributed by atoms with Crippen molar-refractivity contribution in [1.29, 1.82) is 0 Å². The number of aryl methyl sites for hydroxylation is 1. The highest BCUT2D eigenvalue weighted by Gasteiger charge is 2.07. The van der Waals surface area contributed by atoms with Gasteiger partial charge in [0, 0.05) is 19.0 Å². The van der Waals surface area contributed by atoms with Gasteiger partial charge in [0.15, 0.2) is 4.34 Å². The Labute approximate surface area is 121 Å². The largest absolute Gasteiger partial charge is 0.370 e. The molecule has 0 atom stereocenters. The molecule has 0 aliphatic carbocycles. The van der Waals surface area contributed by atoms with E-state index in [0.717, 1.165) is 46.8 Å². The van der Waals surface area contributed by atoms with Crippen molar-refractivity contribution in [2.45, 2.75) is 42.5 Å². The molecule has 2 heterocycles. The molecule has 2 aromatic heterocycles. The summed E-state index contributed by atoms with van der Waals surface area (Å²) in [5.41, 5.74) is 1.73. The van der Waals surface area contributed by atoms with E-state index >= 15 is 0 Å². The molecule has 19 heavy (non-hydrogen) atoms. The van der Waals surface area contributed by atoms with Crippen LogP contribution in [0.5, 0.6) is 0 Å². The number of nitrogens with zero attached hydrogens (tertiary/aromatic N) is 4. The van der Waals surface area contributed by atoms with E-state index in [2.05, 4.69) is 39.3 Å². The molecule has 0 saturated carbocycles. The minimum absolute atomic E-state index is 0.885. The second-order valence-electron chi connectivity index (χ2n) is 3.99. The molecule has 102 valence electrons. The van der Waals surface area contributed by atoms with Gasteiger partial charge in [0.2, 0.25) is 0 Å². The van der Waals surface area contributed by atoms with Crippen molar-refractivity contribution in [2.75, 3.05) is 11.9 Å². The summed E-state index contributed by atoms with van der Waals surface area (Å²) in [5, 5.41) is 12.1. The summed E-state index contributed by atoms with van der Waals surface area (Å²) in [6.45, 7) is 5.19. The number of aromatic nitrogens is 4. The molecule has 0 bridgehead atoms. The van der Waals surface area contributed by atoms with E-state index in [1.54, 1.807) is 5.51 Å². The summed E-state index contributed by atoms with van der Waals surface area (Å²) in [6, 6.07) is 1.97. The minimum Gasteiger partial charge on any atom is -0.370 e. The first-order chi connectivity index (χ1) is 9.31. The molecule has 1 N–H and O–H groups in total. The second kappa shape index (κ2) is 7.40. The summed E-state index contributed by atoms with van der Waals surface area (Å²) in [5.74, 6) is 1.78. The highest BCUT2D eigenvalue weighted by Crippen LogP contribution is 2.28. The van der Waals surface area contributed by atoms with Crippen molar-refractivity contribution in [3.8, 4) is 0 Å². The van der Waals surface area contributed by atoms with Crippen molar-refractivity contribution in [2.24, 2.45) is 0 Å². The molecule has 0 fully saturated rings. The van der Waals surface area contributed by atoms with Crippen molar-refractivity contribution in [3.63, 3.8) is 0 Å². The third-order valence-electron chi connectivity index (χ3n) is 2.31. The molecule has 0 spiro atoms. The molecule has 0 aliphatic rings. The van der Waals surface area contributed by atoms with Crippen LogP contribution in [0.1, 0.15) is 32.5 Å². The summed E-state index contributed by atoms with van der Waals surface area (Å²) >= 11 is 3.06. The fourth-order valence-electron chi connectivity index (χ4n) is 1.50. The zero-order valence-corrected chi connectivity index (χ0v) is 12.7. The van der Waals surface area contributed by atoms with Crippen LogP contribution in [-0.2, 0) is 6.42 Å². The monoisotopic (exact) mass is 295 g/mol. The molecule has 0 radical (unpaired) electrons. The Hall–Kier alpha value is -1.21. The van der Waals surface area contributed by atoms with Gasteiger partial charge in [0.1, 0.15) is 22.2 Å². The van der Waals surface area contributed by atoms with E-state index in [9.17, 15) is 0 Å². The van der Waals surface area contributed by atoms with Gasteiger partial charge >= 0.3 is 0 Å². The van der Waals surface area contributed by atoms with Crippen LogP contribution in [0.25, 0.3) is 0 Å². The van der Waals surface area contributed by atoms with Crippen LogP contribution in [0.3, 0.4) is 0 Å². The Morgan fingerprint density at radius 1 is 1.26 bits per heavy atom. The first-order valence-corrected chi connectivity index (χ1v) is 8.07. The van der Waals surface area contributed by atoms with Crippen molar-refractivity contribution >= 4 is 28.9 Å². The van der Waals surface area contributed by atoms with Gasteiger partial charge in [-0.3, -0.25) is 0 Å². The molecule has 0 unspecified atom stereocenters. The first-order valence-electron chi connectivity index (χ1n) is 6.37. The van der Waals surface area contributed by atoms with Crippen LogP contribution >= 0.6 is 23.1 Å².